The zero-order chi connectivity index (χ0) is 23.4. The van der Waals surface area contributed by atoms with Gasteiger partial charge in [-0.05, 0) is 30.0 Å². The molecule has 1 aliphatic rings. The van der Waals surface area contributed by atoms with Crippen LogP contribution in [0.25, 0.3) is 0 Å². The molecule has 168 valence electrons. The Kier molecular flexibility index (Phi) is 6.63. The lowest BCUT2D eigenvalue weighted by molar-refractivity contribution is -0.207. The van der Waals surface area contributed by atoms with Gasteiger partial charge in [-0.2, -0.15) is 0 Å². The molecular formula is C26H24N2O5. The minimum Gasteiger partial charge on any atom is -0.452 e. The van der Waals surface area contributed by atoms with E-state index in [0.29, 0.717) is 28.9 Å². The minimum atomic E-state index is -1.44. The largest absolute Gasteiger partial charge is 0.452 e. The van der Waals surface area contributed by atoms with Gasteiger partial charge in [-0.1, -0.05) is 66.7 Å². The van der Waals surface area contributed by atoms with E-state index in [2.05, 4.69) is 11.7 Å². The molecule has 4 rings (SSSR count). The number of aliphatic hydroxyl groups excluding tert-OH is 1. The Balaban J connectivity index is 1.75. The topological polar surface area (TPSA) is 88.4 Å². The van der Waals surface area contributed by atoms with Crippen molar-refractivity contribution in [1.29, 1.82) is 0 Å². The fourth-order valence-corrected chi connectivity index (χ4v) is 4.05. The summed E-state index contributed by atoms with van der Waals surface area (Å²) in [5.41, 5.74) is 3.39. The molecule has 7 heteroatoms. The Bertz CT molecular complexity index is 1160. The molecule has 0 saturated carbocycles. The van der Waals surface area contributed by atoms with Crippen molar-refractivity contribution < 1.29 is 24.2 Å². The number of urea groups is 1. The second-order valence-corrected chi connectivity index (χ2v) is 7.62. The molecule has 0 bridgehead atoms. The highest BCUT2D eigenvalue weighted by atomic mass is 16.6. The standard InChI is InChI=1S/C26H24N2O5/c1-17(29)32-24(18-10-4-3-5-11-18)25(30)33-23-16-19-12-6-8-14-21(19)28(26(31)27-2)22-15-9-7-13-20(22)23/h3-15,23-25,30H,2,16H2,1H3. The van der Waals surface area contributed by atoms with Crippen molar-refractivity contribution in [3.05, 3.63) is 95.6 Å². The molecule has 0 aliphatic carbocycles. The molecule has 3 aromatic rings. The summed E-state index contributed by atoms with van der Waals surface area (Å²) >= 11 is 0. The summed E-state index contributed by atoms with van der Waals surface area (Å²) in [6, 6.07) is 23.1. The van der Waals surface area contributed by atoms with Crippen LogP contribution in [0.3, 0.4) is 0 Å². The van der Waals surface area contributed by atoms with Crippen molar-refractivity contribution in [2.45, 2.75) is 31.8 Å². The molecule has 1 heterocycles. The number of fused-ring (bicyclic) bond motifs is 2. The third-order valence-electron chi connectivity index (χ3n) is 5.47. The number of anilines is 2. The number of amides is 2. The van der Waals surface area contributed by atoms with Crippen molar-refractivity contribution >= 4 is 30.1 Å². The van der Waals surface area contributed by atoms with Crippen LogP contribution in [0.2, 0.25) is 0 Å². The van der Waals surface area contributed by atoms with E-state index >= 15 is 0 Å². The number of esters is 1. The molecule has 0 spiro atoms. The van der Waals surface area contributed by atoms with Gasteiger partial charge in [0, 0.05) is 18.9 Å². The highest BCUT2D eigenvalue weighted by Gasteiger charge is 2.34. The molecule has 3 atom stereocenters. The summed E-state index contributed by atoms with van der Waals surface area (Å²) in [6.45, 7) is 4.69. The molecule has 7 nitrogen and oxygen atoms in total. The van der Waals surface area contributed by atoms with Crippen LogP contribution in [0, 0.1) is 0 Å². The number of hydrogen-bond acceptors (Lipinski definition) is 5. The summed E-state index contributed by atoms with van der Waals surface area (Å²) in [5, 5.41) is 11.0. The van der Waals surface area contributed by atoms with E-state index in [4.69, 9.17) is 9.47 Å². The van der Waals surface area contributed by atoms with E-state index in [1.807, 2.05) is 48.5 Å². The van der Waals surface area contributed by atoms with Crippen molar-refractivity contribution in [3.8, 4) is 0 Å². The van der Waals surface area contributed by atoms with Crippen LogP contribution in [0.4, 0.5) is 16.2 Å². The zero-order valence-corrected chi connectivity index (χ0v) is 18.1. The van der Waals surface area contributed by atoms with Crippen LogP contribution >= 0.6 is 0 Å². The predicted molar refractivity (Wildman–Crippen MR) is 124 cm³/mol. The summed E-state index contributed by atoms with van der Waals surface area (Å²) in [7, 11) is 0. The van der Waals surface area contributed by atoms with Crippen LogP contribution in [0.5, 0.6) is 0 Å². The Morgan fingerprint density at radius 3 is 2.33 bits per heavy atom. The Labute approximate surface area is 191 Å². The van der Waals surface area contributed by atoms with Crippen molar-refractivity contribution in [2.24, 2.45) is 4.99 Å². The molecule has 0 aromatic heterocycles. The van der Waals surface area contributed by atoms with E-state index in [0.717, 1.165) is 5.56 Å². The molecule has 1 N–H and O–H groups in total. The molecule has 0 fully saturated rings. The predicted octanol–water partition coefficient (Wildman–Crippen LogP) is 4.88. The molecule has 33 heavy (non-hydrogen) atoms. The van der Waals surface area contributed by atoms with E-state index < -0.39 is 30.5 Å². The van der Waals surface area contributed by atoms with Crippen LogP contribution in [-0.4, -0.2) is 30.1 Å². The monoisotopic (exact) mass is 444 g/mol. The normalized spacial score (nSPS) is 16.5. The lowest BCUT2D eigenvalue weighted by atomic mass is 10.0. The maximum absolute atomic E-state index is 12.7. The smallest absolute Gasteiger partial charge is 0.352 e. The number of aliphatic hydroxyl groups is 1. The molecule has 1 aliphatic heterocycles. The van der Waals surface area contributed by atoms with Crippen molar-refractivity contribution in [1.82, 2.24) is 0 Å². The van der Waals surface area contributed by atoms with E-state index in [9.17, 15) is 14.7 Å². The van der Waals surface area contributed by atoms with Gasteiger partial charge in [0.2, 0.25) is 0 Å². The average molecular weight is 444 g/mol. The van der Waals surface area contributed by atoms with Crippen LogP contribution in [-0.2, 0) is 20.7 Å². The highest BCUT2D eigenvalue weighted by Crippen LogP contribution is 2.42. The van der Waals surface area contributed by atoms with Gasteiger partial charge in [-0.15, -0.1) is 0 Å². The van der Waals surface area contributed by atoms with Gasteiger partial charge in [-0.3, -0.25) is 9.69 Å². The fourth-order valence-electron chi connectivity index (χ4n) is 4.05. The first kappa shape index (κ1) is 22.4. The van der Waals surface area contributed by atoms with Gasteiger partial charge < -0.3 is 14.6 Å². The molecule has 2 amide bonds. The number of carbonyl (C=O) groups excluding carboxylic acids is 2. The van der Waals surface area contributed by atoms with Crippen molar-refractivity contribution in [3.63, 3.8) is 0 Å². The Morgan fingerprint density at radius 2 is 1.64 bits per heavy atom. The number of carbonyl (C=O) groups is 2. The van der Waals surface area contributed by atoms with Crippen LogP contribution < -0.4 is 4.90 Å². The third kappa shape index (κ3) is 4.69. The minimum absolute atomic E-state index is 0.382. The molecule has 0 radical (unpaired) electrons. The Morgan fingerprint density at radius 1 is 1.00 bits per heavy atom. The van der Waals surface area contributed by atoms with Crippen LogP contribution in [0.1, 0.15) is 35.8 Å². The number of benzene rings is 3. The van der Waals surface area contributed by atoms with E-state index in [1.54, 1.807) is 30.3 Å². The lowest BCUT2D eigenvalue weighted by Crippen LogP contribution is -2.28. The van der Waals surface area contributed by atoms with Gasteiger partial charge >= 0.3 is 12.0 Å². The first-order valence-corrected chi connectivity index (χ1v) is 10.5. The second-order valence-electron chi connectivity index (χ2n) is 7.62. The second kappa shape index (κ2) is 9.77. The maximum atomic E-state index is 12.7. The summed E-state index contributed by atoms with van der Waals surface area (Å²) in [6.07, 6.45) is -2.70. The summed E-state index contributed by atoms with van der Waals surface area (Å²) in [4.78, 5) is 29.6. The van der Waals surface area contributed by atoms with Gasteiger partial charge in [0.1, 0.15) is 0 Å². The van der Waals surface area contributed by atoms with Gasteiger partial charge in [0.15, 0.2) is 12.4 Å². The number of rotatable bonds is 5. The third-order valence-corrected chi connectivity index (χ3v) is 5.47. The first-order chi connectivity index (χ1) is 16.0. The highest BCUT2D eigenvalue weighted by molar-refractivity contribution is 6.03. The van der Waals surface area contributed by atoms with Gasteiger partial charge in [-0.25, -0.2) is 9.79 Å². The quantitative estimate of drug-likeness (QED) is 0.344. The fraction of sp³-hybridized carbons (Fsp3) is 0.192. The van der Waals surface area contributed by atoms with Gasteiger partial charge in [0.25, 0.3) is 0 Å². The average Bonchev–Trinajstić information content (AvgIpc) is 2.97. The Hall–Kier alpha value is -3.81. The van der Waals surface area contributed by atoms with Gasteiger partial charge in [0.05, 0.1) is 17.5 Å². The van der Waals surface area contributed by atoms with E-state index in [-0.39, 0.29) is 0 Å². The summed E-state index contributed by atoms with van der Waals surface area (Å²) < 4.78 is 11.5. The molecule has 3 aromatic carbocycles. The molecule has 0 saturated heterocycles. The first-order valence-electron chi connectivity index (χ1n) is 10.5. The number of aliphatic imine (C=N–C) groups is 1. The molecular weight excluding hydrogens is 420 g/mol. The lowest BCUT2D eigenvalue weighted by Gasteiger charge is -2.28. The maximum Gasteiger partial charge on any atom is 0.352 e. The molecule has 3 unspecified atom stereocenters. The SMILES string of the molecule is C=NC(=O)N1c2ccccc2CC(OC(O)C(OC(C)=O)c2ccccc2)c2ccccc21. The van der Waals surface area contributed by atoms with Crippen LogP contribution in [0.15, 0.2) is 83.9 Å². The number of para-hydroxylation sites is 2. The number of hydrogen-bond donors (Lipinski definition) is 1. The number of nitrogens with zero attached hydrogens (tertiary/aromatic N) is 2. The van der Waals surface area contributed by atoms with E-state index in [1.165, 1.54) is 11.8 Å². The number of ether oxygens (including phenoxy) is 2. The van der Waals surface area contributed by atoms with Crippen molar-refractivity contribution in [2.75, 3.05) is 4.90 Å². The zero-order valence-electron chi connectivity index (χ0n) is 18.1. The summed E-state index contributed by atoms with van der Waals surface area (Å²) in [5.74, 6) is -0.535.